The van der Waals surface area contributed by atoms with Crippen molar-refractivity contribution in [1.82, 2.24) is 5.32 Å². The monoisotopic (exact) mass is 364 g/mol. The van der Waals surface area contributed by atoms with E-state index in [0.29, 0.717) is 42.7 Å². The van der Waals surface area contributed by atoms with E-state index in [4.69, 9.17) is 20.9 Å². The number of benzene rings is 1. The molecule has 1 aliphatic heterocycles. The van der Waals surface area contributed by atoms with Crippen molar-refractivity contribution >= 4 is 23.2 Å². The second kappa shape index (κ2) is 8.15. The molecule has 1 aromatic rings. The van der Waals surface area contributed by atoms with Crippen LogP contribution in [0.15, 0.2) is 23.2 Å². The molecule has 9 nitrogen and oxygen atoms in total. The first kappa shape index (κ1) is 19.7. The Kier molecular flexibility index (Phi) is 6.17. The number of anilines is 1. The Morgan fingerprint density at radius 2 is 2.15 bits per heavy atom. The third-order valence-electron chi connectivity index (χ3n) is 4.16. The first-order chi connectivity index (χ1) is 12.3. The van der Waals surface area contributed by atoms with Crippen molar-refractivity contribution in [3.05, 3.63) is 23.8 Å². The standard InChI is InChI=1S/C17H24N4O5/c1-17(9-22,16(19)24)21-15(23)14(20-2)12-5-11(3-4-13(12)18)26-8-10-6-25-7-10/h3-5,10,22H,6-9,18H2,1-2H3,(H2,19,24)(H,21,23). The van der Waals surface area contributed by atoms with Gasteiger partial charge in [0.15, 0.2) is 0 Å². The highest BCUT2D eigenvalue weighted by atomic mass is 16.5. The fourth-order valence-electron chi connectivity index (χ4n) is 2.26. The number of carbonyl (C=O) groups excluding carboxylic acids is 2. The van der Waals surface area contributed by atoms with E-state index in [1.54, 1.807) is 18.2 Å². The highest BCUT2D eigenvalue weighted by Crippen LogP contribution is 2.22. The van der Waals surface area contributed by atoms with Gasteiger partial charge in [0.2, 0.25) is 5.91 Å². The highest BCUT2D eigenvalue weighted by molar-refractivity contribution is 6.46. The van der Waals surface area contributed by atoms with E-state index in [1.165, 1.54) is 14.0 Å². The smallest absolute Gasteiger partial charge is 0.271 e. The molecule has 1 heterocycles. The second-order valence-electron chi connectivity index (χ2n) is 6.34. The van der Waals surface area contributed by atoms with E-state index in [1.807, 2.05) is 0 Å². The number of nitrogens with two attached hydrogens (primary N) is 2. The number of nitrogens with one attached hydrogen (secondary N) is 1. The Morgan fingerprint density at radius 1 is 1.46 bits per heavy atom. The second-order valence-corrected chi connectivity index (χ2v) is 6.34. The maximum absolute atomic E-state index is 12.6. The molecular formula is C17H24N4O5. The van der Waals surface area contributed by atoms with E-state index in [2.05, 4.69) is 10.3 Å². The van der Waals surface area contributed by atoms with Gasteiger partial charge in [-0.2, -0.15) is 0 Å². The minimum atomic E-state index is -1.61. The molecule has 2 rings (SSSR count). The molecule has 142 valence electrons. The van der Waals surface area contributed by atoms with E-state index in [9.17, 15) is 14.7 Å². The molecule has 0 bridgehead atoms. The van der Waals surface area contributed by atoms with Crippen LogP contribution in [-0.2, 0) is 14.3 Å². The first-order valence-corrected chi connectivity index (χ1v) is 8.11. The van der Waals surface area contributed by atoms with Crippen LogP contribution < -0.4 is 21.5 Å². The van der Waals surface area contributed by atoms with Crippen LogP contribution in [0.4, 0.5) is 5.69 Å². The number of hydrogen-bond acceptors (Lipinski definition) is 7. The fourth-order valence-corrected chi connectivity index (χ4v) is 2.26. The summed E-state index contributed by atoms with van der Waals surface area (Å²) in [7, 11) is 1.42. The maximum atomic E-state index is 12.6. The lowest BCUT2D eigenvalue weighted by molar-refractivity contribution is -0.129. The molecule has 0 radical (unpaired) electrons. The highest BCUT2D eigenvalue weighted by Gasteiger charge is 2.34. The van der Waals surface area contributed by atoms with E-state index >= 15 is 0 Å². The number of hydrogen-bond donors (Lipinski definition) is 4. The van der Waals surface area contributed by atoms with Crippen molar-refractivity contribution in [3.8, 4) is 5.75 Å². The zero-order valence-electron chi connectivity index (χ0n) is 14.8. The average molecular weight is 364 g/mol. The molecular weight excluding hydrogens is 340 g/mol. The first-order valence-electron chi connectivity index (χ1n) is 8.11. The normalized spacial score (nSPS) is 17.1. The fraction of sp³-hybridized carbons (Fsp3) is 0.471. The summed E-state index contributed by atoms with van der Waals surface area (Å²) in [6, 6.07) is 4.92. The molecule has 1 saturated heterocycles. The molecule has 0 aliphatic carbocycles. The molecule has 1 atom stereocenters. The third kappa shape index (κ3) is 4.30. The summed E-state index contributed by atoms with van der Waals surface area (Å²) in [5, 5.41) is 11.8. The van der Waals surface area contributed by atoms with Gasteiger partial charge in [0.25, 0.3) is 5.91 Å². The molecule has 1 aromatic carbocycles. The van der Waals surface area contributed by atoms with Crippen molar-refractivity contribution < 1.29 is 24.2 Å². The van der Waals surface area contributed by atoms with Crippen molar-refractivity contribution in [3.63, 3.8) is 0 Å². The lowest BCUT2D eigenvalue weighted by Crippen LogP contribution is -2.59. The van der Waals surface area contributed by atoms with Crippen molar-refractivity contribution in [2.24, 2.45) is 16.6 Å². The predicted molar refractivity (Wildman–Crippen MR) is 95.9 cm³/mol. The number of carbonyl (C=O) groups is 2. The van der Waals surface area contributed by atoms with Gasteiger partial charge in [0.05, 0.1) is 26.4 Å². The number of primary amides is 1. The van der Waals surface area contributed by atoms with Crippen molar-refractivity contribution in [1.29, 1.82) is 0 Å². The van der Waals surface area contributed by atoms with E-state index < -0.39 is 24.0 Å². The van der Waals surface area contributed by atoms with Crippen LogP contribution in [0.3, 0.4) is 0 Å². The quantitative estimate of drug-likeness (QED) is 0.346. The molecule has 9 heteroatoms. The Balaban J connectivity index is 2.19. The van der Waals surface area contributed by atoms with E-state index in [0.717, 1.165) is 0 Å². The van der Waals surface area contributed by atoms with Crippen LogP contribution in [0.25, 0.3) is 0 Å². The largest absolute Gasteiger partial charge is 0.493 e. The van der Waals surface area contributed by atoms with Gasteiger partial charge in [-0.3, -0.25) is 14.6 Å². The Labute approximate surface area is 151 Å². The Hall–Kier alpha value is -2.65. The average Bonchev–Trinajstić information content (AvgIpc) is 2.56. The predicted octanol–water partition coefficient (Wildman–Crippen LogP) is -0.935. The molecule has 0 spiro atoms. The molecule has 1 unspecified atom stereocenters. The molecule has 6 N–H and O–H groups in total. The van der Waals surface area contributed by atoms with Gasteiger partial charge in [-0.1, -0.05) is 0 Å². The zero-order valence-corrected chi connectivity index (χ0v) is 14.8. The van der Waals surface area contributed by atoms with Gasteiger partial charge < -0.3 is 31.4 Å². The summed E-state index contributed by atoms with van der Waals surface area (Å²) in [4.78, 5) is 28.0. The molecule has 0 aromatic heterocycles. The minimum Gasteiger partial charge on any atom is -0.493 e. The van der Waals surface area contributed by atoms with Gasteiger partial charge in [0.1, 0.15) is 17.0 Å². The summed E-state index contributed by atoms with van der Waals surface area (Å²) in [5.74, 6) is -0.662. The van der Waals surface area contributed by atoms with Crippen LogP contribution in [0.2, 0.25) is 0 Å². The SMILES string of the molecule is CN=C(C(=O)NC(C)(CO)C(N)=O)c1cc(OCC2COC2)ccc1N. The lowest BCUT2D eigenvalue weighted by Gasteiger charge is -2.26. The minimum absolute atomic E-state index is 0.000789. The summed E-state index contributed by atoms with van der Waals surface area (Å²) < 4.78 is 10.8. The van der Waals surface area contributed by atoms with Crippen LogP contribution in [0, 0.1) is 5.92 Å². The number of rotatable bonds is 8. The van der Waals surface area contributed by atoms with Gasteiger partial charge in [-0.15, -0.1) is 0 Å². The van der Waals surface area contributed by atoms with E-state index in [-0.39, 0.29) is 5.71 Å². The molecule has 1 aliphatic rings. The molecule has 1 fully saturated rings. The topological polar surface area (TPSA) is 149 Å². The zero-order chi connectivity index (χ0) is 19.3. The third-order valence-corrected chi connectivity index (χ3v) is 4.16. The molecule has 2 amide bonds. The molecule has 0 saturated carbocycles. The number of nitrogen functional groups attached to an aromatic ring is 1. The number of aliphatic hydroxyl groups is 1. The Morgan fingerprint density at radius 3 is 2.65 bits per heavy atom. The summed E-state index contributed by atoms with van der Waals surface area (Å²) >= 11 is 0. The van der Waals surface area contributed by atoms with Crippen molar-refractivity contribution in [2.75, 3.05) is 39.2 Å². The van der Waals surface area contributed by atoms with Gasteiger partial charge >= 0.3 is 0 Å². The van der Waals surface area contributed by atoms with Gasteiger partial charge in [0, 0.05) is 24.2 Å². The molecule has 26 heavy (non-hydrogen) atoms. The summed E-state index contributed by atoms with van der Waals surface area (Å²) in [5.41, 5.74) is 10.3. The number of nitrogens with zero attached hydrogens (tertiary/aromatic N) is 1. The number of amides is 2. The van der Waals surface area contributed by atoms with Crippen LogP contribution in [0.5, 0.6) is 5.75 Å². The number of aliphatic imine (C=N–C) groups is 1. The maximum Gasteiger partial charge on any atom is 0.271 e. The van der Waals surface area contributed by atoms with Crippen LogP contribution in [0.1, 0.15) is 12.5 Å². The number of ether oxygens (including phenoxy) is 2. The van der Waals surface area contributed by atoms with Crippen molar-refractivity contribution in [2.45, 2.75) is 12.5 Å². The lowest BCUT2D eigenvalue weighted by atomic mass is 10.0. The van der Waals surface area contributed by atoms with Gasteiger partial charge in [-0.25, -0.2) is 0 Å². The Bertz CT molecular complexity index is 717. The van der Waals surface area contributed by atoms with Crippen LogP contribution >= 0.6 is 0 Å². The summed E-state index contributed by atoms with van der Waals surface area (Å²) in [6.45, 7) is 2.51. The summed E-state index contributed by atoms with van der Waals surface area (Å²) in [6.07, 6.45) is 0. The van der Waals surface area contributed by atoms with Crippen LogP contribution in [-0.4, -0.2) is 61.6 Å². The van der Waals surface area contributed by atoms with Gasteiger partial charge in [-0.05, 0) is 25.1 Å². The number of aliphatic hydroxyl groups excluding tert-OH is 1.